The predicted octanol–water partition coefficient (Wildman–Crippen LogP) is -2.25. The number of hydrogen-bond donors (Lipinski definition) is 4. The summed E-state index contributed by atoms with van der Waals surface area (Å²) in [5.74, 6) is 0.103. The van der Waals surface area contributed by atoms with Gasteiger partial charge in [-0.15, -0.1) is 0 Å². The lowest BCUT2D eigenvalue weighted by atomic mass is 10.1. The third-order valence-electron chi connectivity index (χ3n) is 2.71. The summed E-state index contributed by atoms with van der Waals surface area (Å²) in [6, 6.07) is 1.44. The molecule has 3 atom stereocenters. The van der Waals surface area contributed by atoms with E-state index < -0.39 is 30.4 Å². The van der Waals surface area contributed by atoms with Gasteiger partial charge in [-0.3, -0.25) is 4.57 Å². The van der Waals surface area contributed by atoms with Gasteiger partial charge in [0, 0.05) is 12.6 Å². The Morgan fingerprint density at radius 3 is 2.94 bits per heavy atom. The number of rotatable bonds is 2. The zero-order valence-corrected chi connectivity index (χ0v) is 8.98. The third-order valence-corrected chi connectivity index (χ3v) is 2.71. The Morgan fingerprint density at radius 1 is 1.71 bits per heavy atom. The highest BCUT2D eigenvalue weighted by Gasteiger charge is 2.45. The Morgan fingerprint density at radius 2 is 2.41 bits per heavy atom. The largest absolute Gasteiger partial charge is 0.393 e. The lowest BCUT2D eigenvalue weighted by Crippen LogP contribution is -2.48. The van der Waals surface area contributed by atoms with E-state index in [9.17, 15) is 9.90 Å². The number of aliphatic hydroxyl groups is 2. The molecule has 1 aliphatic rings. The van der Waals surface area contributed by atoms with Crippen molar-refractivity contribution in [1.29, 1.82) is 0 Å². The Hall–Kier alpha value is -1.48. The van der Waals surface area contributed by atoms with Gasteiger partial charge in [-0.05, 0) is 6.07 Å². The highest BCUT2D eigenvalue weighted by molar-refractivity contribution is 5.23. The molecule has 8 nitrogen and oxygen atoms in total. The van der Waals surface area contributed by atoms with Crippen molar-refractivity contribution in [3.63, 3.8) is 0 Å². The lowest BCUT2D eigenvalue weighted by molar-refractivity contribution is -0.0800. The average molecular weight is 242 g/mol. The van der Waals surface area contributed by atoms with Gasteiger partial charge in [-0.1, -0.05) is 0 Å². The van der Waals surface area contributed by atoms with E-state index in [-0.39, 0.29) is 12.2 Å². The van der Waals surface area contributed by atoms with Crippen molar-refractivity contribution in [3.8, 4) is 0 Å². The van der Waals surface area contributed by atoms with Crippen molar-refractivity contribution in [1.82, 2.24) is 9.55 Å². The van der Waals surface area contributed by atoms with Crippen LogP contribution >= 0.6 is 0 Å². The molecule has 1 aromatic heterocycles. The zero-order chi connectivity index (χ0) is 12.6. The van der Waals surface area contributed by atoms with Crippen molar-refractivity contribution in [3.05, 3.63) is 22.7 Å². The van der Waals surface area contributed by atoms with Gasteiger partial charge in [-0.2, -0.15) is 4.98 Å². The van der Waals surface area contributed by atoms with E-state index in [1.807, 2.05) is 0 Å². The van der Waals surface area contributed by atoms with Crippen LogP contribution in [0.5, 0.6) is 0 Å². The number of hydrogen-bond acceptors (Lipinski definition) is 7. The minimum atomic E-state index is -1.67. The first-order chi connectivity index (χ1) is 7.94. The number of nitrogen functional groups attached to an aromatic ring is 1. The molecule has 1 aromatic rings. The molecule has 0 amide bonds. The molecule has 8 heteroatoms. The van der Waals surface area contributed by atoms with Crippen molar-refractivity contribution in [2.75, 3.05) is 12.3 Å². The number of aliphatic hydroxyl groups excluding tert-OH is 1. The van der Waals surface area contributed by atoms with Gasteiger partial charge in [0.05, 0.1) is 6.61 Å². The minimum absolute atomic E-state index is 0.0102. The fourth-order valence-electron chi connectivity index (χ4n) is 1.78. The molecule has 2 heterocycles. The zero-order valence-electron chi connectivity index (χ0n) is 8.98. The van der Waals surface area contributed by atoms with Crippen LogP contribution in [0.2, 0.25) is 0 Å². The topological polar surface area (TPSA) is 137 Å². The smallest absolute Gasteiger partial charge is 0.351 e. The van der Waals surface area contributed by atoms with Crippen LogP contribution in [-0.2, 0) is 4.74 Å². The Balaban J connectivity index is 2.29. The fourth-order valence-corrected chi connectivity index (χ4v) is 1.78. The summed E-state index contributed by atoms with van der Waals surface area (Å²) in [7, 11) is 0. The van der Waals surface area contributed by atoms with Crippen molar-refractivity contribution in [2.24, 2.45) is 5.73 Å². The second-order valence-corrected chi connectivity index (χ2v) is 4.00. The SMILES string of the molecule is Nc1ccn([C@H]2C[C@](N)(O)[C@@H](CO)O2)c(=O)n1. The van der Waals surface area contributed by atoms with Crippen LogP contribution in [0.25, 0.3) is 0 Å². The molecular weight excluding hydrogens is 228 g/mol. The van der Waals surface area contributed by atoms with E-state index >= 15 is 0 Å². The number of anilines is 1. The number of nitrogens with two attached hydrogens (primary N) is 2. The van der Waals surface area contributed by atoms with Crippen LogP contribution in [0.4, 0.5) is 5.82 Å². The van der Waals surface area contributed by atoms with Gasteiger partial charge in [0.1, 0.15) is 23.9 Å². The summed E-state index contributed by atoms with van der Waals surface area (Å²) in [6.45, 7) is -0.430. The summed E-state index contributed by atoms with van der Waals surface area (Å²) in [5, 5.41) is 18.8. The average Bonchev–Trinajstić information content (AvgIpc) is 2.53. The molecule has 1 fully saturated rings. The van der Waals surface area contributed by atoms with E-state index in [2.05, 4.69) is 4.98 Å². The summed E-state index contributed by atoms with van der Waals surface area (Å²) in [6.07, 6.45) is -0.297. The molecule has 17 heavy (non-hydrogen) atoms. The standard InChI is InChI=1S/C9H14N4O4/c10-6-1-2-13(8(15)12-6)7-3-9(11,16)5(4-14)17-7/h1-2,5,7,14,16H,3-4,11H2,(H2,10,12,15)/t5-,7-,9+/m1/s1. The molecule has 0 bridgehead atoms. The van der Waals surface area contributed by atoms with E-state index in [1.54, 1.807) is 0 Å². The summed E-state index contributed by atoms with van der Waals surface area (Å²) >= 11 is 0. The van der Waals surface area contributed by atoms with Gasteiger partial charge in [0.25, 0.3) is 0 Å². The molecule has 0 spiro atoms. The Kier molecular flexibility index (Phi) is 2.87. The minimum Gasteiger partial charge on any atom is -0.393 e. The fraction of sp³-hybridized carbons (Fsp3) is 0.556. The first-order valence-electron chi connectivity index (χ1n) is 5.06. The highest BCUT2D eigenvalue weighted by atomic mass is 16.5. The number of nitrogens with zero attached hydrogens (tertiary/aromatic N) is 2. The summed E-state index contributed by atoms with van der Waals surface area (Å²) < 4.78 is 6.46. The summed E-state index contributed by atoms with van der Waals surface area (Å²) in [5.41, 5.74) is 8.64. The van der Waals surface area contributed by atoms with Crippen molar-refractivity contribution < 1.29 is 14.9 Å². The second kappa shape index (κ2) is 4.08. The predicted molar refractivity (Wildman–Crippen MR) is 57.7 cm³/mol. The van der Waals surface area contributed by atoms with Gasteiger partial charge in [-0.25, -0.2) is 4.79 Å². The molecule has 0 aliphatic carbocycles. The molecule has 94 valence electrons. The van der Waals surface area contributed by atoms with Crippen LogP contribution in [0, 0.1) is 0 Å². The van der Waals surface area contributed by atoms with Gasteiger partial charge < -0.3 is 26.4 Å². The maximum Gasteiger partial charge on any atom is 0.351 e. The van der Waals surface area contributed by atoms with Crippen LogP contribution in [0.1, 0.15) is 12.6 Å². The molecule has 2 rings (SSSR count). The van der Waals surface area contributed by atoms with E-state index in [0.717, 1.165) is 0 Å². The molecule has 6 N–H and O–H groups in total. The maximum absolute atomic E-state index is 11.5. The molecule has 0 saturated carbocycles. The molecule has 1 saturated heterocycles. The van der Waals surface area contributed by atoms with Crippen LogP contribution in [-0.4, -0.2) is 38.2 Å². The Bertz CT molecular complexity index is 472. The van der Waals surface area contributed by atoms with E-state index in [0.29, 0.717) is 0 Å². The van der Waals surface area contributed by atoms with Gasteiger partial charge in [0.15, 0.2) is 0 Å². The summed E-state index contributed by atoms with van der Waals surface area (Å²) in [4.78, 5) is 15.1. The molecular formula is C9H14N4O4. The first-order valence-corrected chi connectivity index (χ1v) is 5.06. The number of ether oxygens (including phenoxy) is 1. The van der Waals surface area contributed by atoms with Gasteiger partial charge >= 0.3 is 5.69 Å². The highest BCUT2D eigenvalue weighted by Crippen LogP contribution is 2.32. The van der Waals surface area contributed by atoms with Crippen LogP contribution in [0.15, 0.2) is 17.1 Å². The monoisotopic (exact) mass is 242 g/mol. The third kappa shape index (κ3) is 2.15. The molecule has 1 aliphatic heterocycles. The van der Waals surface area contributed by atoms with E-state index in [1.165, 1.54) is 16.8 Å². The quantitative estimate of drug-likeness (QED) is 0.430. The first kappa shape index (κ1) is 12.0. The van der Waals surface area contributed by atoms with Crippen molar-refractivity contribution >= 4 is 5.82 Å². The lowest BCUT2D eigenvalue weighted by Gasteiger charge is -2.20. The molecule has 0 aromatic carbocycles. The Labute approximate surface area is 96.4 Å². The maximum atomic E-state index is 11.5. The van der Waals surface area contributed by atoms with Gasteiger partial charge in [0.2, 0.25) is 0 Å². The molecule has 0 radical (unpaired) electrons. The van der Waals surface area contributed by atoms with Crippen molar-refractivity contribution in [2.45, 2.75) is 24.5 Å². The van der Waals surface area contributed by atoms with E-state index in [4.69, 9.17) is 21.3 Å². The molecule has 0 unspecified atom stereocenters. The van der Waals surface area contributed by atoms with Crippen LogP contribution < -0.4 is 17.2 Å². The second-order valence-electron chi connectivity index (χ2n) is 4.00. The normalized spacial score (nSPS) is 32.9. The number of aromatic nitrogens is 2. The van der Waals surface area contributed by atoms with Crippen LogP contribution in [0.3, 0.4) is 0 Å².